The minimum absolute atomic E-state index is 0.0595. The number of aryl methyl sites for hydroxylation is 4. The number of anilines is 1. The highest BCUT2D eigenvalue weighted by Gasteiger charge is 2.30. The van der Waals surface area contributed by atoms with Crippen molar-refractivity contribution in [1.82, 2.24) is 14.9 Å². The van der Waals surface area contributed by atoms with Gasteiger partial charge in [0.05, 0.1) is 23.7 Å². The van der Waals surface area contributed by atoms with E-state index in [0.717, 1.165) is 68.8 Å². The van der Waals surface area contributed by atoms with Gasteiger partial charge in [0.1, 0.15) is 0 Å². The molecule has 1 amide bonds. The monoisotopic (exact) mass is 474 g/mol. The van der Waals surface area contributed by atoms with E-state index in [0.29, 0.717) is 6.61 Å². The highest BCUT2D eigenvalue weighted by Crippen LogP contribution is 2.32. The summed E-state index contributed by atoms with van der Waals surface area (Å²) in [5, 5.41) is 3.20. The zero-order valence-corrected chi connectivity index (χ0v) is 21.6. The van der Waals surface area contributed by atoms with Gasteiger partial charge in [-0.05, 0) is 92.5 Å². The van der Waals surface area contributed by atoms with Crippen molar-refractivity contribution in [2.75, 3.05) is 31.2 Å². The van der Waals surface area contributed by atoms with Crippen molar-refractivity contribution >= 4 is 22.9 Å². The van der Waals surface area contributed by atoms with Gasteiger partial charge in [0.15, 0.2) is 0 Å². The predicted molar refractivity (Wildman–Crippen MR) is 142 cm³/mol. The Morgan fingerprint density at radius 3 is 2.31 bits per heavy atom. The van der Waals surface area contributed by atoms with Crippen molar-refractivity contribution in [3.63, 3.8) is 0 Å². The second kappa shape index (κ2) is 10.0. The lowest BCUT2D eigenvalue weighted by Crippen LogP contribution is -2.44. The Labute approximate surface area is 208 Å². The molecule has 35 heavy (non-hydrogen) atoms. The number of aromatic nitrogens is 2. The van der Waals surface area contributed by atoms with Gasteiger partial charge in [-0.2, -0.15) is 0 Å². The van der Waals surface area contributed by atoms with Crippen LogP contribution in [0.25, 0.3) is 16.7 Å². The van der Waals surface area contributed by atoms with Crippen LogP contribution in [0.5, 0.6) is 0 Å². The standard InChI is InChI=1S/C29H38N4O2/c1-5-21-15-22(6-2)17-25(16-21)33-27-14-20(4)19(3)13-26(27)31-29(33)32-10-7-23(8-11-32)28(34)30-24-9-12-35-18-24/h13-17,23-24H,5-12,18H2,1-4H3,(H,30,34)/t24-/m1/s1. The van der Waals surface area contributed by atoms with Crippen LogP contribution in [-0.4, -0.2) is 47.8 Å². The Kier molecular flexibility index (Phi) is 6.83. The van der Waals surface area contributed by atoms with Gasteiger partial charge in [0, 0.05) is 31.3 Å². The number of nitrogens with zero attached hydrogens (tertiary/aromatic N) is 3. The van der Waals surface area contributed by atoms with E-state index >= 15 is 0 Å². The van der Waals surface area contributed by atoms with E-state index in [9.17, 15) is 4.79 Å². The number of piperidine rings is 1. The smallest absolute Gasteiger partial charge is 0.223 e. The first-order valence-corrected chi connectivity index (χ1v) is 13.2. The molecular weight excluding hydrogens is 436 g/mol. The van der Waals surface area contributed by atoms with Gasteiger partial charge >= 0.3 is 0 Å². The van der Waals surface area contributed by atoms with Crippen molar-refractivity contribution in [2.45, 2.75) is 65.8 Å². The first kappa shape index (κ1) is 23.9. The molecule has 0 unspecified atom stereocenters. The summed E-state index contributed by atoms with van der Waals surface area (Å²) >= 11 is 0. The number of benzene rings is 2. The summed E-state index contributed by atoms with van der Waals surface area (Å²) in [5.74, 6) is 1.23. The average Bonchev–Trinajstić information content (AvgIpc) is 3.51. The highest BCUT2D eigenvalue weighted by molar-refractivity contribution is 5.83. The van der Waals surface area contributed by atoms with E-state index in [1.54, 1.807) is 0 Å². The maximum atomic E-state index is 12.8. The molecule has 0 aliphatic carbocycles. The maximum Gasteiger partial charge on any atom is 0.223 e. The molecule has 0 spiro atoms. The molecule has 5 rings (SSSR count). The van der Waals surface area contributed by atoms with E-state index in [2.05, 4.69) is 72.8 Å². The summed E-state index contributed by atoms with van der Waals surface area (Å²) in [5.41, 5.74) is 8.60. The summed E-state index contributed by atoms with van der Waals surface area (Å²) in [7, 11) is 0. The molecule has 6 nitrogen and oxygen atoms in total. The van der Waals surface area contributed by atoms with Gasteiger partial charge in [-0.1, -0.05) is 19.9 Å². The first-order valence-electron chi connectivity index (χ1n) is 13.2. The molecule has 0 saturated carbocycles. The zero-order valence-electron chi connectivity index (χ0n) is 21.6. The SMILES string of the molecule is CCc1cc(CC)cc(-n2c(N3CCC(C(=O)N[C@@H]4CCOC4)CC3)nc3cc(C)c(C)cc32)c1. The Bertz CT molecular complexity index is 1190. The Morgan fingerprint density at radius 2 is 1.69 bits per heavy atom. The third kappa shape index (κ3) is 4.81. The molecule has 6 heteroatoms. The van der Waals surface area contributed by atoms with Crippen molar-refractivity contribution < 1.29 is 9.53 Å². The number of nitrogens with one attached hydrogen (secondary N) is 1. The Morgan fingerprint density at radius 1 is 1.00 bits per heavy atom. The lowest BCUT2D eigenvalue weighted by Gasteiger charge is -2.33. The number of imidazole rings is 1. The van der Waals surface area contributed by atoms with E-state index in [4.69, 9.17) is 9.72 Å². The van der Waals surface area contributed by atoms with Gasteiger partial charge in [-0.15, -0.1) is 0 Å². The molecule has 2 saturated heterocycles. The molecule has 2 aliphatic heterocycles. The second-order valence-electron chi connectivity index (χ2n) is 10.2. The van der Waals surface area contributed by atoms with E-state index in [1.807, 2.05) is 0 Å². The number of carbonyl (C=O) groups excluding carboxylic acids is 1. The molecule has 1 aromatic heterocycles. The predicted octanol–water partition coefficient (Wildman–Crippen LogP) is 4.89. The molecule has 3 heterocycles. The third-order valence-corrected chi connectivity index (χ3v) is 7.79. The quantitative estimate of drug-likeness (QED) is 0.553. The number of ether oxygens (including phenoxy) is 1. The second-order valence-corrected chi connectivity index (χ2v) is 10.2. The summed E-state index contributed by atoms with van der Waals surface area (Å²) in [4.78, 5) is 20.4. The molecule has 2 aromatic carbocycles. The van der Waals surface area contributed by atoms with Crippen LogP contribution >= 0.6 is 0 Å². The summed E-state index contributed by atoms with van der Waals surface area (Å²) in [6.45, 7) is 11.8. The van der Waals surface area contributed by atoms with Gasteiger partial charge < -0.3 is 15.0 Å². The minimum atomic E-state index is 0.0595. The number of rotatable bonds is 6. The van der Waals surface area contributed by atoms with Crippen LogP contribution in [0.1, 0.15) is 55.4 Å². The van der Waals surface area contributed by atoms with Gasteiger partial charge in [0.2, 0.25) is 11.9 Å². The highest BCUT2D eigenvalue weighted by atomic mass is 16.5. The third-order valence-electron chi connectivity index (χ3n) is 7.79. The zero-order chi connectivity index (χ0) is 24.5. The molecule has 1 atom stereocenters. The van der Waals surface area contributed by atoms with Crippen molar-refractivity contribution in [1.29, 1.82) is 0 Å². The largest absolute Gasteiger partial charge is 0.379 e. The lowest BCUT2D eigenvalue weighted by molar-refractivity contribution is -0.126. The summed E-state index contributed by atoms with van der Waals surface area (Å²) in [6.07, 6.45) is 4.62. The van der Waals surface area contributed by atoms with Crippen LogP contribution in [0.15, 0.2) is 30.3 Å². The molecule has 0 bridgehead atoms. The molecular formula is C29H38N4O2. The van der Waals surface area contributed by atoms with Crippen LogP contribution in [0.2, 0.25) is 0 Å². The van der Waals surface area contributed by atoms with E-state index < -0.39 is 0 Å². The number of hydrogen-bond donors (Lipinski definition) is 1. The number of hydrogen-bond acceptors (Lipinski definition) is 4. The number of carbonyl (C=O) groups is 1. The minimum Gasteiger partial charge on any atom is -0.379 e. The molecule has 2 fully saturated rings. The molecule has 1 N–H and O–H groups in total. The molecule has 186 valence electrons. The summed E-state index contributed by atoms with van der Waals surface area (Å²) < 4.78 is 7.76. The van der Waals surface area contributed by atoms with Crippen LogP contribution in [0.3, 0.4) is 0 Å². The van der Waals surface area contributed by atoms with Crippen molar-refractivity contribution in [2.24, 2.45) is 5.92 Å². The molecule has 2 aliphatic rings. The van der Waals surface area contributed by atoms with Crippen LogP contribution in [0.4, 0.5) is 5.95 Å². The number of fused-ring (bicyclic) bond motifs is 1. The van der Waals surface area contributed by atoms with Crippen LogP contribution < -0.4 is 10.2 Å². The number of amides is 1. The normalized spacial score (nSPS) is 19.0. The van der Waals surface area contributed by atoms with Gasteiger partial charge in [0.25, 0.3) is 0 Å². The van der Waals surface area contributed by atoms with Crippen molar-refractivity contribution in [3.05, 3.63) is 52.6 Å². The average molecular weight is 475 g/mol. The Balaban J connectivity index is 1.47. The molecule has 0 radical (unpaired) electrons. The lowest BCUT2D eigenvalue weighted by atomic mass is 9.95. The fourth-order valence-electron chi connectivity index (χ4n) is 5.38. The first-order chi connectivity index (χ1) is 17.0. The van der Waals surface area contributed by atoms with Gasteiger partial charge in [-0.3, -0.25) is 9.36 Å². The summed E-state index contributed by atoms with van der Waals surface area (Å²) in [6, 6.07) is 11.6. The fourth-order valence-corrected chi connectivity index (χ4v) is 5.38. The fraction of sp³-hybridized carbons (Fsp3) is 0.517. The van der Waals surface area contributed by atoms with Crippen molar-refractivity contribution in [3.8, 4) is 5.69 Å². The molecule has 3 aromatic rings. The van der Waals surface area contributed by atoms with Gasteiger partial charge in [-0.25, -0.2) is 4.98 Å². The maximum absolute atomic E-state index is 12.8. The van der Waals surface area contributed by atoms with E-state index in [1.165, 1.54) is 27.9 Å². The van der Waals surface area contributed by atoms with E-state index in [-0.39, 0.29) is 17.9 Å². The topological polar surface area (TPSA) is 59.4 Å². The van der Waals surface area contributed by atoms with Crippen LogP contribution in [0, 0.1) is 19.8 Å². The van der Waals surface area contributed by atoms with Crippen LogP contribution in [-0.2, 0) is 22.4 Å². The Hall–Kier alpha value is -2.86.